The van der Waals surface area contributed by atoms with Crippen LogP contribution in [-0.4, -0.2) is 36.8 Å². The number of aliphatic hydroxyl groups excluding tert-OH is 1. The van der Waals surface area contributed by atoms with Crippen molar-refractivity contribution in [3.63, 3.8) is 0 Å². The van der Waals surface area contributed by atoms with Crippen LogP contribution in [0.3, 0.4) is 0 Å². The lowest BCUT2D eigenvalue weighted by atomic mass is 9.98. The zero-order chi connectivity index (χ0) is 13.7. The van der Waals surface area contributed by atoms with Gasteiger partial charge >= 0.3 is 0 Å². The first-order valence-corrected chi connectivity index (χ1v) is 6.89. The molecule has 0 fully saturated rings. The summed E-state index contributed by atoms with van der Waals surface area (Å²) in [5, 5.41) is 9.71. The Labute approximate surface area is 115 Å². The molecule has 2 atom stereocenters. The van der Waals surface area contributed by atoms with Gasteiger partial charge in [0.15, 0.2) is 0 Å². The second kappa shape index (κ2) is 6.73. The van der Waals surface area contributed by atoms with Gasteiger partial charge < -0.3 is 9.84 Å². The molecule has 2 unspecified atom stereocenters. The maximum atomic E-state index is 9.71. The molecule has 0 amide bonds. The fraction of sp³-hybridized carbons (Fsp3) is 0.500. The molecule has 3 nitrogen and oxygen atoms in total. The van der Waals surface area contributed by atoms with Gasteiger partial charge in [0.1, 0.15) is 5.75 Å². The van der Waals surface area contributed by atoms with E-state index >= 15 is 0 Å². The van der Waals surface area contributed by atoms with Gasteiger partial charge in [-0.05, 0) is 44.0 Å². The van der Waals surface area contributed by atoms with Crippen LogP contribution in [-0.2, 0) is 0 Å². The Balaban J connectivity index is 2.13. The van der Waals surface area contributed by atoms with E-state index < -0.39 is 0 Å². The number of hydrogen-bond donors (Lipinski definition) is 1. The van der Waals surface area contributed by atoms with Crippen molar-refractivity contribution in [2.24, 2.45) is 0 Å². The van der Waals surface area contributed by atoms with Gasteiger partial charge in [0, 0.05) is 6.04 Å². The van der Waals surface area contributed by atoms with E-state index in [9.17, 15) is 5.11 Å². The molecule has 0 bridgehead atoms. The van der Waals surface area contributed by atoms with Crippen LogP contribution in [0, 0.1) is 0 Å². The smallest absolute Gasteiger partial charge is 0.118 e. The molecule has 3 heteroatoms. The second-order valence-corrected chi connectivity index (χ2v) is 5.06. The Morgan fingerprint density at radius 2 is 2.11 bits per heavy atom. The van der Waals surface area contributed by atoms with Crippen LogP contribution >= 0.6 is 0 Å². The molecule has 19 heavy (non-hydrogen) atoms. The molecule has 0 spiro atoms. The Morgan fingerprint density at radius 1 is 1.37 bits per heavy atom. The molecule has 1 aliphatic rings. The number of benzene rings is 1. The van der Waals surface area contributed by atoms with Crippen LogP contribution in [0.4, 0.5) is 0 Å². The lowest BCUT2D eigenvalue weighted by Crippen LogP contribution is -2.36. The van der Waals surface area contributed by atoms with E-state index in [-0.39, 0.29) is 12.6 Å². The van der Waals surface area contributed by atoms with E-state index in [2.05, 4.69) is 24.1 Å². The Kier molecular flexibility index (Phi) is 5.00. The topological polar surface area (TPSA) is 32.7 Å². The highest BCUT2D eigenvalue weighted by Crippen LogP contribution is 2.26. The van der Waals surface area contributed by atoms with Crippen molar-refractivity contribution < 1.29 is 9.84 Å². The predicted octanol–water partition coefficient (Wildman–Crippen LogP) is 2.77. The lowest BCUT2D eigenvalue weighted by molar-refractivity contribution is 0.120. The molecule has 104 valence electrons. The Hall–Kier alpha value is -1.32. The first-order chi connectivity index (χ1) is 9.26. The average Bonchev–Trinajstić information content (AvgIpc) is 2.49. The van der Waals surface area contributed by atoms with E-state index in [0.717, 1.165) is 11.3 Å². The predicted molar refractivity (Wildman–Crippen MR) is 77.4 cm³/mol. The SMILES string of the molecule is COc1ccc(C(CO)N(C)C2C=CCCC2)cc1. The van der Waals surface area contributed by atoms with Gasteiger partial charge in [0.05, 0.1) is 19.8 Å². The van der Waals surface area contributed by atoms with Crippen molar-refractivity contribution in [1.82, 2.24) is 4.90 Å². The van der Waals surface area contributed by atoms with E-state index in [4.69, 9.17) is 4.74 Å². The monoisotopic (exact) mass is 261 g/mol. The summed E-state index contributed by atoms with van der Waals surface area (Å²) >= 11 is 0. The van der Waals surface area contributed by atoms with Crippen LogP contribution in [0.25, 0.3) is 0 Å². The van der Waals surface area contributed by atoms with Gasteiger partial charge in [-0.3, -0.25) is 4.90 Å². The highest BCUT2D eigenvalue weighted by molar-refractivity contribution is 5.29. The van der Waals surface area contributed by atoms with Gasteiger partial charge in [-0.15, -0.1) is 0 Å². The molecule has 1 aromatic rings. The summed E-state index contributed by atoms with van der Waals surface area (Å²) in [6, 6.07) is 8.42. The van der Waals surface area contributed by atoms with Crippen molar-refractivity contribution >= 4 is 0 Å². The number of hydrogen-bond acceptors (Lipinski definition) is 3. The summed E-state index contributed by atoms with van der Waals surface area (Å²) in [6.07, 6.45) is 8.07. The normalized spacial score (nSPS) is 20.5. The third-order valence-electron chi connectivity index (χ3n) is 3.92. The molecule has 0 aromatic heterocycles. The zero-order valence-electron chi connectivity index (χ0n) is 11.7. The van der Waals surface area contributed by atoms with Gasteiger partial charge in [-0.2, -0.15) is 0 Å². The van der Waals surface area contributed by atoms with Gasteiger partial charge in [-0.1, -0.05) is 24.3 Å². The fourth-order valence-corrected chi connectivity index (χ4v) is 2.66. The quantitative estimate of drug-likeness (QED) is 0.827. The summed E-state index contributed by atoms with van der Waals surface area (Å²) in [6.45, 7) is 0.132. The highest BCUT2D eigenvalue weighted by atomic mass is 16.5. The third kappa shape index (κ3) is 3.37. The van der Waals surface area contributed by atoms with Crippen molar-refractivity contribution in [2.45, 2.75) is 31.3 Å². The van der Waals surface area contributed by atoms with Gasteiger partial charge in [-0.25, -0.2) is 0 Å². The average molecular weight is 261 g/mol. The molecular weight excluding hydrogens is 238 g/mol. The van der Waals surface area contributed by atoms with Gasteiger partial charge in [0.2, 0.25) is 0 Å². The number of likely N-dealkylation sites (N-methyl/N-ethyl adjacent to an activating group) is 1. The number of nitrogens with zero attached hydrogens (tertiary/aromatic N) is 1. The number of aliphatic hydroxyl groups is 1. The van der Waals surface area contributed by atoms with E-state index in [0.29, 0.717) is 6.04 Å². The first-order valence-electron chi connectivity index (χ1n) is 6.89. The van der Waals surface area contributed by atoms with Crippen LogP contribution in [0.5, 0.6) is 5.75 Å². The van der Waals surface area contributed by atoms with E-state index in [1.807, 2.05) is 24.3 Å². The molecule has 0 heterocycles. The largest absolute Gasteiger partial charge is 0.497 e. The molecule has 2 rings (SSSR count). The molecule has 0 aliphatic heterocycles. The molecule has 1 aliphatic carbocycles. The Bertz CT molecular complexity index is 413. The molecule has 0 saturated carbocycles. The van der Waals surface area contributed by atoms with Crippen molar-refractivity contribution in [3.8, 4) is 5.75 Å². The van der Waals surface area contributed by atoms with E-state index in [1.165, 1.54) is 19.3 Å². The molecule has 1 aromatic carbocycles. The molecule has 0 saturated heterocycles. The van der Waals surface area contributed by atoms with Crippen molar-refractivity contribution in [2.75, 3.05) is 20.8 Å². The number of rotatable bonds is 5. The van der Waals surface area contributed by atoms with Crippen LogP contribution in [0.2, 0.25) is 0 Å². The van der Waals surface area contributed by atoms with Crippen molar-refractivity contribution in [1.29, 1.82) is 0 Å². The van der Waals surface area contributed by atoms with Gasteiger partial charge in [0.25, 0.3) is 0 Å². The molecular formula is C16H23NO2. The summed E-state index contributed by atoms with van der Waals surface area (Å²) in [5.74, 6) is 0.848. The zero-order valence-corrected chi connectivity index (χ0v) is 11.7. The summed E-state index contributed by atoms with van der Waals surface area (Å²) in [5.41, 5.74) is 1.13. The van der Waals surface area contributed by atoms with Crippen molar-refractivity contribution in [3.05, 3.63) is 42.0 Å². The molecule has 0 radical (unpaired) electrons. The highest BCUT2D eigenvalue weighted by Gasteiger charge is 2.22. The number of ether oxygens (including phenoxy) is 1. The lowest BCUT2D eigenvalue weighted by Gasteiger charge is -2.34. The second-order valence-electron chi connectivity index (χ2n) is 5.06. The minimum Gasteiger partial charge on any atom is -0.497 e. The fourth-order valence-electron chi connectivity index (χ4n) is 2.66. The first kappa shape index (κ1) is 14.1. The summed E-state index contributed by atoms with van der Waals surface area (Å²) in [7, 11) is 3.75. The van der Waals surface area contributed by atoms with Crippen LogP contribution in [0.1, 0.15) is 30.9 Å². The summed E-state index contributed by atoms with van der Waals surface area (Å²) in [4.78, 5) is 2.26. The Morgan fingerprint density at radius 3 is 2.63 bits per heavy atom. The maximum Gasteiger partial charge on any atom is 0.118 e. The third-order valence-corrected chi connectivity index (χ3v) is 3.92. The molecule has 1 N–H and O–H groups in total. The standard InChI is InChI=1S/C16H23NO2/c1-17(14-6-4-3-5-7-14)16(12-18)13-8-10-15(19-2)11-9-13/h4,6,8-11,14,16,18H,3,5,7,12H2,1-2H3. The van der Waals surface area contributed by atoms with E-state index in [1.54, 1.807) is 7.11 Å². The van der Waals surface area contributed by atoms with Crippen LogP contribution in [0.15, 0.2) is 36.4 Å². The number of methoxy groups -OCH3 is 1. The maximum absolute atomic E-state index is 9.71. The minimum atomic E-state index is 0.0404. The number of allylic oxidation sites excluding steroid dienone is 1. The minimum absolute atomic E-state index is 0.0404. The summed E-state index contributed by atoms with van der Waals surface area (Å²) < 4.78 is 5.17. The van der Waals surface area contributed by atoms with Crippen LogP contribution < -0.4 is 4.74 Å².